The van der Waals surface area contributed by atoms with Gasteiger partial charge in [0.05, 0.1) is 10.1 Å². The molecule has 0 amide bonds. The lowest BCUT2D eigenvalue weighted by molar-refractivity contribution is -0.191. The highest BCUT2D eigenvalue weighted by molar-refractivity contribution is 7.13. The highest BCUT2D eigenvalue weighted by atomic mass is 32.1. The van der Waals surface area contributed by atoms with E-state index in [0.717, 1.165) is 34.2 Å². The molecule has 3 aromatic carbocycles. The van der Waals surface area contributed by atoms with Gasteiger partial charge < -0.3 is 4.74 Å². The van der Waals surface area contributed by atoms with Gasteiger partial charge in [-0.25, -0.2) is 0 Å². The molecule has 0 radical (unpaired) electrons. The average Bonchev–Trinajstić information content (AvgIpc) is 3.47. The molecule has 1 heterocycles. The quantitative estimate of drug-likeness (QED) is 0.387. The summed E-state index contributed by atoms with van der Waals surface area (Å²) in [4.78, 5) is 29.0. The molecular weight excluding hydrogens is 422 g/mol. The smallest absolute Gasteiger partial charge is 0.373 e. The predicted octanol–water partition coefficient (Wildman–Crippen LogP) is 5.84. The molecular formula is C26H23NO4S. The van der Waals surface area contributed by atoms with Crippen molar-refractivity contribution in [2.45, 2.75) is 38.3 Å². The van der Waals surface area contributed by atoms with Crippen LogP contribution in [0.2, 0.25) is 0 Å². The summed E-state index contributed by atoms with van der Waals surface area (Å²) < 4.78 is 9.05. The van der Waals surface area contributed by atoms with Crippen molar-refractivity contribution < 1.29 is 14.3 Å². The summed E-state index contributed by atoms with van der Waals surface area (Å²) in [6, 6.07) is 25.0. The number of aromatic nitrogens is 1. The molecule has 0 saturated heterocycles. The van der Waals surface area contributed by atoms with Gasteiger partial charge in [0.15, 0.2) is 0 Å². The van der Waals surface area contributed by atoms with Crippen molar-refractivity contribution in [2.24, 2.45) is 0 Å². The third kappa shape index (κ3) is 4.88. The van der Waals surface area contributed by atoms with Crippen LogP contribution in [0.4, 0.5) is 0 Å². The van der Waals surface area contributed by atoms with Crippen LogP contribution in [0.25, 0.3) is 21.2 Å². The van der Waals surface area contributed by atoms with Crippen LogP contribution >= 0.6 is 11.5 Å². The third-order valence-corrected chi connectivity index (χ3v) is 6.87. The Labute approximate surface area is 190 Å². The molecule has 0 spiro atoms. The molecule has 5 rings (SSSR count). The normalized spacial score (nSPS) is 13.4. The fourth-order valence-corrected chi connectivity index (χ4v) is 5.30. The Morgan fingerprint density at radius 1 is 0.906 bits per heavy atom. The number of ether oxygens (including phenoxy) is 1. The molecule has 1 fully saturated rings. The van der Waals surface area contributed by atoms with Crippen molar-refractivity contribution >= 4 is 27.8 Å². The first-order valence-electron chi connectivity index (χ1n) is 10.6. The van der Waals surface area contributed by atoms with Crippen molar-refractivity contribution in [1.29, 1.82) is 0 Å². The summed E-state index contributed by atoms with van der Waals surface area (Å²) in [6.45, 7) is 0.504. The van der Waals surface area contributed by atoms with Crippen LogP contribution in [-0.4, -0.2) is 10.1 Å². The first-order valence-corrected chi connectivity index (χ1v) is 11.4. The van der Waals surface area contributed by atoms with Crippen LogP contribution in [-0.2, 0) is 16.2 Å². The number of carbonyl (C=O) groups excluding carboxylic acids is 2. The maximum Gasteiger partial charge on any atom is 0.373 e. The molecule has 0 aliphatic heterocycles. The van der Waals surface area contributed by atoms with E-state index in [0.29, 0.717) is 12.6 Å². The number of fused-ring (bicyclic) bond motifs is 1. The van der Waals surface area contributed by atoms with Gasteiger partial charge in [-0.3, -0.25) is 8.75 Å². The number of rotatable bonds is 5. The Balaban J connectivity index is 0.000000775. The van der Waals surface area contributed by atoms with Crippen molar-refractivity contribution in [3.63, 3.8) is 0 Å². The van der Waals surface area contributed by atoms with Crippen LogP contribution < -0.4 is 10.3 Å². The Morgan fingerprint density at radius 2 is 1.62 bits per heavy atom. The van der Waals surface area contributed by atoms with E-state index in [4.69, 9.17) is 14.3 Å². The Bertz CT molecular complexity index is 1280. The van der Waals surface area contributed by atoms with E-state index in [1.807, 2.05) is 28.2 Å². The van der Waals surface area contributed by atoms with E-state index < -0.39 is 0 Å². The van der Waals surface area contributed by atoms with E-state index in [-0.39, 0.29) is 11.7 Å². The fraction of sp³-hybridized carbons (Fsp3) is 0.231. The predicted molar refractivity (Wildman–Crippen MR) is 125 cm³/mol. The molecule has 32 heavy (non-hydrogen) atoms. The molecule has 6 heteroatoms. The first-order chi connectivity index (χ1) is 15.7. The van der Waals surface area contributed by atoms with E-state index in [9.17, 15) is 4.79 Å². The van der Waals surface area contributed by atoms with Crippen LogP contribution in [0.1, 0.15) is 37.3 Å². The third-order valence-electron chi connectivity index (χ3n) is 5.68. The second-order valence-electron chi connectivity index (χ2n) is 7.76. The van der Waals surface area contributed by atoms with Gasteiger partial charge in [-0.1, -0.05) is 72.9 Å². The molecule has 0 atom stereocenters. The maximum atomic E-state index is 12.7. The van der Waals surface area contributed by atoms with Gasteiger partial charge in [-0.05, 0) is 53.8 Å². The summed E-state index contributed by atoms with van der Waals surface area (Å²) in [6.07, 6.45) is 4.94. The average molecular weight is 446 g/mol. The minimum atomic E-state index is 0.152. The first kappa shape index (κ1) is 21.8. The Kier molecular flexibility index (Phi) is 6.95. The Morgan fingerprint density at radius 3 is 2.38 bits per heavy atom. The minimum absolute atomic E-state index is 0.152. The lowest BCUT2D eigenvalue weighted by Gasteiger charge is -2.08. The van der Waals surface area contributed by atoms with Crippen molar-refractivity contribution in [3.8, 4) is 16.9 Å². The second-order valence-corrected chi connectivity index (χ2v) is 8.77. The molecule has 5 nitrogen and oxygen atoms in total. The number of benzene rings is 3. The van der Waals surface area contributed by atoms with E-state index in [2.05, 4.69) is 48.5 Å². The molecule has 0 N–H and O–H groups in total. The highest BCUT2D eigenvalue weighted by Crippen LogP contribution is 2.33. The van der Waals surface area contributed by atoms with E-state index in [1.165, 1.54) is 24.0 Å². The number of hydrogen-bond donors (Lipinski definition) is 0. The topological polar surface area (TPSA) is 65.4 Å². The summed E-state index contributed by atoms with van der Waals surface area (Å²) in [7, 11) is 0. The monoisotopic (exact) mass is 445 g/mol. The lowest BCUT2D eigenvalue weighted by atomic mass is 10.0. The van der Waals surface area contributed by atoms with Gasteiger partial charge in [0.1, 0.15) is 12.4 Å². The van der Waals surface area contributed by atoms with Crippen LogP contribution in [0.15, 0.2) is 77.6 Å². The molecule has 1 aliphatic rings. The summed E-state index contributed by atoms with van der Waals surface area (Å²) in [5.74, 6) is 0.808. The molecule has 1 aliphatic carbocycles. The van der Waals surface area contributed by atoms with Gasteiger partial charge in [-0.15, -0.1) is 0 Å². The summed E-state index contributed by atoms with van der Waals surface area (Å²) in [5, 5.41) is 0.806. The number of nitrogens with zero attached hydrogens (tertiary/aromatic N) is 1. The van der Waals surface area contributed by atoms with Crippen LogP contribution in [0.3, 0.4) is 0 Å². The maximum absolute atomic E-state index is 12.7. The van der Waals surface area contributed by atoms with Gasteiger partial charge in [-0.2, -0.15) is 9.59 Å². The SMILES string of the molecule is O=C=O.O=c1c2ccc(OCc3cccc(-c4ccccc4)c3)cc2sn1C1CCCC1. The zero-order chi connectivity index (χ0) is 22.3. The lowest BCUT2D eigenvalue weighted by Crippen LogP contribution is -2.16. The summed E-state index contributed by atoms with van der Waals surface area (Å²) >= 11 is 1.58. The van der Waals surface area contributed by atoms with Crippen LogP contribution in [0.5, 0.6) is 5.75 Å². The number of hydrogen-bond acceptors (Lipinski definition) is 5. The zero-order valence-corrected chi connectivity index (χ0v) is 18.3. The van der Waals surface area contributed by atoms with Crippen LogP contribution in [0, 0.1) is 0 Å². The molecule has 1 aromatic heterocycles. The molecule has 0 unspecified atom stereocenters. The van der Waals surface area contributed by atoms with Crippen molar-refractivity contribution in [2.75, 3.05) is 0 Å². The standard InChI is InChI=1S/C25H23NO2S.CO2/c27-25-23-14-13-22(16-24(23)29-26(25)21-11-4-5-12-21)28-17-18-7-6-10-20(15-18)19-8-2-1-3-9-19;2-1-3/h1-3,6-10,13-16,21H,4-5,11-12,17H2;. The van der Waals surface area contributed by atoms with E-state index >= 15 is 0 Å². The highest BCUT2D eigenvalue weighted by Gasteiger charge is 2.21. The zero-order valence-electron chi connectivity index (χ0n) is 17.5. The largest absolute Gasteiger partial charge is 0.489 e. The Hall–Kier alpha value is -3.47. The summed E-state index contributed by atoms with van der Waals surface area (Å²) in [5.41, 5.74) is 3.67. The van der Waals surface area contributed by atoms with Gasteiger partial charge in [0, 0.05) is 6.04 Å². The van der Waals surface area contributed by atoms with Crippen molar-refractivity contribution in [1.82, 2.24) is 3.96 Å². The minimum Gasteiger partial charge on any atom is -0.489 e. The molecule has 1 saturated carbocycles. The molecule has 162 valence electrons. The fourth-order valence-electron chi connectivity index (χ4n) is 4.13. The van der Waals surface area contributed by atoms with E-state index in [1.54, 1.807) is 11.5 Å². The van der Waals surface area contributed by atoms with Gasteiger partial charge in [0.2, 0.25) is 0 Å². The molecule has 4 aromatic rings. The van der Waals surface area contributed by atoms with Crippen molar-refractivity contribution in [3.05, 3.63) is 88.7 Å². The van der Waals surface area contributed by atoms with Gasteiger partial charge in [0.25, 0.3) is 5.56 Å². The second kappa shape index (κ2) is 10.2. The van der Waals surface area contributed by atoms with Gasteiger partial charge >= 0.3 is 6.15 Å². The molecule has 0 bridgehead atoms.